The van der Waals surface area contributed by atoms with Gasteiger partial charge in [0.25, 0.3) is 0 Å². The van der Waals surface area contributed by atoms with Crippen LogP contribution < -0.4 is 0 Å². The second kappa shape index (κ2) is 3.04. The van der Waals surface area contributed by atoms with E-state index in [-0.39, 0.29) is 25.1 Å². The third-order valence-corrected chi connectivity index (χ3v) is 3.34. The standard InChI is InChI=1S/C5Cl5/c6-1-2(7)4(9)5(10)3(1)8/q-1. The summed E-state index contributed by atoms with van der Waals surface area (Å²) < 4.78 is 0. The fourth-order valence-electron chi connectivity index (χ4n) is 0.482. The SMILES string of the molecule is Clc1c(Cl)c(Cl)[c-](Cl)c1Cl. The summed E-state index contributed by atoms with van der Waals surface area (Å²) in [6.07, 6.45) is 0. The second-order valence-corrected chi connectivity index (χ2v) is 3.46. The van der Waals surface area contributed by atoms with Gasteiger partial charge in [0.15, 0.2) is 0 Å². The van der Waals surface area contributed by atoms with E-state index in [0.717, 1.165) is 0 Å². The van der Waals surface area contributed by atoms with Crippen LogP contribution in [0.5, 0.6) is 0 Å². The zero-order valence-corrected chi connectivity index (χ0v) is 8.17. The molecule has 5 heteroatoms. The van der Waals surface area contributed by atoms with E-state index in [1.807, 2.05) is 0 Å². The molecule has 0 atom stereocenters. The lowest BCUT2D eigenvalue weighted by molar-refractivity contribution is 1.99. The van der Waals surface area contributed by atoms with E-state index in [0.29, 0.717) is 0 Å². The molecule has 0 fully saturated rings. The number of hydrogen-bond donors (Lipinski definition) is 0. The predicted octanol–water partition coefficient (Wildman–Crippen LogP) is 4.67. The Kier molecular flexibility index (Phi) is 2.70. The molecule has 0 aliphatic rings. The van der Waals surface area contributed by atoms with Crippen LogP contribution >= 0.6 is 58.0 Å². The average Bonchev–Trinajstić information content (AvgIpc) is 2.07. The minimum atomic E-state index is 0.207. The zero-order valence-electron chi connectivity index (χ0n) is 4.39. The van der Waals surface area contributed by atoms with Gasteiger partial charge in [0.05, 0.1) is 0 Å². The molecular formula is C5Cl5-. The van der Waals surface area contributed by atoms with Gasteiger partial charge < -0.3 is 0 Å². The number of rotatable bonds is 0. The van der Waals surface area contributed by atoms with Gasteiger partial charge in [0, 0.05) is 0 Å². The molecule has 1 aromatic carbocycles. The van der Waals surface area contributed by atoms with Crippen LogP contribution in [-0.2, 0) is 0 Å². The lowest BCUT2D eigenvalue weighted by Crippen LogP contribution is -1.53. The van der Waals surface area contributed by atoms with Crippen molar-refractivity contribution in [2.45, 2.75) is 0 Å². The maximum atomic E-state index is 5.57. The maximum absolute atomic E-state index is 5.57. The van der Waals surface area contributed by atoms with E-state index < -0.39 is 0 Å². The molecule has 0 aromatic heterocycles. The largest absolute Gasteiger partial charge is 0.177 e. The highest BCUT2D eigenvalue weighted by molar-refractivity contribution is 6.58. The van der Waals surface area contributed by atoms with Gasteiger partial charge in [-0.2, -0.15) is 34.8 Å². The Morgan fingerprint density at radius 2 is 1.10 bits per heavy atom. The first-order valence-corrected chi connectivity index (χ1v) is 4.08. The summed E-state index contributed by atoms with van der Waals surface area (Å²) in [4.78, 5) is 0. The number of hydrogen-bond acceptors (Lipinski definition) is 0. The Morgan fingerprint density at radius 1 is 0.800 bits per heavy atom. The Bertz CT molecular complexity index is 181. The van der Waals surface area contributed by atoms with Crippen molar-refractivity contribution in [3.05, 3.63) is 25.1 Å². The lowest BCUT2D eigenvalue weighted by Gasteiger charge is -1.94. The minimum Gasteiger partial charge on any atom is -0.177 e. The summed E-state index contributed by atoms with van der Waals surface area (Å²) in [5, 5.41) is 1.03. The molecule has 1 rings (SSSR count). The predicted molar refractivity (Wildman–Crippen MR) is 47.1 cm³/mol. The molecule has 0 saturated heterocycles. The lowest BCUT2D eigenvalue weighted by atomic mass is 10.7. The summed E-state index contributed by atoms with van der Waals surface area (Å²) in [7, 11) is 0. The summed E-state index contributed by atoms with van der Waals surface area (Å²) >= 11 is 27.9. The highest BCUT2D eigenvalue weighted by atomic mass is 35.5. The van der Waals surface area contributed by atoms with Gasteiger partial charge in [-0.3, -0.25) is 0 Å². The minimum absolute atomic E-state index is 0.207. The van der Waals surface area contributed by atoms with E-state index in [4.69, 9.17) is 58.0 Å². The quantitative estimate of drug-likeness (QED) is 0.575. The first-order valence-electron chi connectivity index (χ1n) is 2.19. The zero-order chi connectivity index (χ0) is 7.89. The van der Waals surface area contributed by atoms with Gasteiger partial charge in [0.2, 0.25) is 0 Å². The van der Waals surface area contributed by atoms with Crippen LogP contribution in [0.3, 0.4) is 0 Å². The molecule has 10 heavy (non-hydrogen) atoms. The molecule has 56 valence electrons. The van der Waals surface area contributed by atoms with Gasteiger partial charge in [-0.25, -0.2) is 0 Å². The molecule has 0 heterocycles. The number of halogens is 5. The van der Waals surface area contributed by atoms with Gasteiger partial charge >= 0.3 is 0 Å². The van der Waals surface area contributed by atoms with Crippen molar-refractivity contribution in [3.8, 4) is 0 Å². The second-order valence-electron chi connectivity index (χ2n) is 1.57. The first kappa shape index (κ1) is 8.89. The van der Waals surface area contributed by atoms with Crippen molar-refractivity contribution in [3.63, 3.8) is 0 Å². The molecule has 0 N–H and O–H groups in total. The molecule has 0 aliphatic heterocycles. The molecule has 0 aliphatic carbocycles. The monoisotopic (exact) mass is 235 g/mol. The molecule has 0 unspecified atom stereocenters. The Morgan fingerprint density at radius 3 is 1.20 bits per heavy atom. The highest BCUT2D eigenvalue weighted by Gasteiger charge is 2.04. The summed E-state index contributed by atoms with van der Waals surface area (Å²) in [6, 6.07) is 0. The van der Waals surface area contributed by atoms with E-state index in [9.17, 15) is 0 Å². The van der Waals surface area contributed by atoms with Crippen LogP contribution in [0.1, 0.15) is 0 Å². The Hall–Kier alpha value is 0.800. The molecule has 0 amide bonds. The molecule has 0 bridgehead atoms. The molecule has 0 spiro atoms. The fourth-order valence-corrected chi connectivity index (χ4v) is 1.67. The van der Waals surface area contributed by atoms with Crippen molar-refractivity contribution >= 4 is 58.0 Å². The fraction of sp³-hybridized carbons (Fsp3) is 0. The summed E-state index contributed by atoms with van der Waals surface area (Å²) in [5.41, 5.74) is 0. The van der Waals surface area contributed by atoms with Crippen LogP contribution in [-0.4, -0.2) is 0 Å². The third-order valence-electron chi connectivity index (χ3n) is 0.964. The van der Waals surface area contributed by atoms with Crippen LogP contribution in [0, 0.1) is 0 Å². The van der Waals surface area contributed by atoms with Crippen LogP contribution in [0.2, 0.25) is 25.1 Å². The van der Waals surface area contributed by atoms with Crippen molar-refractivity contribution < 1.29 is 0 Å². The maximum Gasteiger partial charge on any atom is -0.0324 e. The summed E-state index contributed by atoms with van der Waals surface area (Å²) in [6.45, 7) is 0. The van der Waals surface area contributed by atoms with E-state index in [2.05, 4.69) is 0 Å². The van der Waals surface area contributed by atoms with Gasteiger partial charge in [-0.1, -0.05) is 10.0 Å². The molecule has 0 nitrogen and oxygen atoms in total. The van der Waals surface area contributed by atoms with E-state index in [1.165, 1.54) is 0 Å². The van der Waals surface area contributed by atoms with Gasteiger partial charge in [0.1, 0.15) is 0 Å². The highest BCUT2D eigenvalue weighted by Crippen LogP contribution is 2.45. The third kappa shape index (κ3) is 1.24. The van der Waals surface area contributed by atoms with Crippen molar-refractivity contribution in [1.82, 2.24) is 0 Å². The van der Waals surface area contributed by atoms with Crippen LogP contribution in [0.4, 0.5) is 0 Å². The smallest absolute Gasteiger partial charge is 0.0324 e. The van der Waals surface area contributed by atoms with Crippen molar-refractivity contribution in [2.24, 2.45) is 0 Å². The summed E-state index contributed by atoms with van der Waals surface area (Å²) in [5.74, 6) is 0. The topological polar surface area (TPSA) is 0 Å². The molecule has 0 radical (unpaired) electrons. The van der Waals surface area contributed by atoms with Gasteiger partial charge in [-0.15, -0.1) is 23.2 Å². The first-order chi connectivity index (χ1) is 4.55. The molecule has 1 aromatic rings. The van der Waals surface area contributed by atoms with Crippen LogP contribution in [0.15, 0.2) is 0 Å². The average molecular weight is 237 g/mol. The van der Waals surface area contributed by atoms with Crippen molar-refractivity contribution in [1.29, 1.82) is 0 Å². The normalized spacial score (nSPS) is 10.5. The van der Waals surface area contributed by atoms with Crippen LogP contribution in [0.25, 0.3) is 0 Å². The molecular weight excluding hydrogens is 237 g/mol. The van der Waals surface area contributed by atoms with E-state index >= 15 is 0 Å². The Balaban J connectivity index is 3.44. The van der Waals surface area contributed by atoms with E-state index in [1.54, 1.807) is 0 Å². The van der Waals surface area contributed by atoms with Gasteiger partial charge in [-0.05, 0) is 15.1 Å². The molecule has 0 saturated carbocycles. The van der Waals surface area contributed by atoms with Crippen molar-refractivity contribution in [2.75, 3.05) is 0 Å². The Labute approximate surface area is 82.9 Å².